The monoisotopic (exact) mass is 362 g/mol. The molecule has 1 aromatic carbocycles. The first-order chi connectivity index (χ1) is 12.8. The Morgan fingerprint density at radius 1 is 1.04 bits per heavy atom. The maximum Gasteiger partial charge on any atom is 0.162 e. The Labute approximate surface area is 155 Å². The number of rotatable bonds is 5. The number of nitrogens with zero attached hydrogens (tertiary/aromatic N) is 3. The fourth-order valence-corrected chi connectivity index (χ4v) is 3.95. The molecule has 0 aliphatic heterocycles. The SMILES string of the molecule is COCCc1sc2nc(-c3cccnc3)nc(-c3ccccc3)c2c1N. The molecule has 130 valence electrons. The molecule has 0 atom stereocenters. The molecule has 0 bridgehead atoms. The van der Waals surface area contributed by atoms with Gasteiger partial charge in [0, 0.05) is 41.9 Å². The molecule has 0 aliphatic carbocycles. The van der Waals surface area contributed by atoms with Crippen molar-refractivity contribution in [2.45, 2.75) is 6.42 Å². The average Bonchev–Trinajstić information content (AvgIpc) is 3.02. The van der Waals surface area contributed by atoms with Gasteiger partial charge < -0.3 is 10.5 Å². The predicted octanol–water partition coefficient (Wildman–Crippen LogP) is 4.19. The molecule has 0 amide bonds. The Kier molecular flexibility index (Phi) is 4.60. The van der Waals surface area contributed by atoms with Crippen LogP contribution in [-0.4, -0.2) is 28.7 Å². The number of ether oxygens (including phenoxy) is 1. The maximum atomic E-state index is 6.47. The highest BCUT2D eigenvalue weighted by Gasteiger charge is 2.18. The van der Waals surface area contributed by atoms with Gasteiger partial charge in [0.25, 0.3) is 0 Å². The maximum absolute atomic E-state index is 6.47. The second-order valence-electron chi connectivity index (χ2n) is 5.87. The number of aromatic nitrogens is 3. The van der Waals surface area contributed by atoms with E-state index in [0.29, 0.717) is 12.4 Å². The third-order valence-corrected chi connectivity index (χ3v) is 5.32. The molecule has 4 aromatic rings. The highest BCUT2D eigenvalue weighted by Crippen LogP contribution is 2.39. The van der Waals surface area contributed by atoms with Gasteiger partial charge in [-0.15, -0.1) is 11.3 Å². The molecule has 26 heavy (non-hydrogen) atoms. The number of fused-ring (bicyclic) bond motifs is 1. The van der Waals surface area contributed by atoms with E-state index in [2.05, 4.69) is 4.98 Å². The van der Waals surface area contributed by atoms with Crippen LogP contribution in [0.25, 0.3) is 32.9 Å². The topological polar surface area (TPSA) is 73.9 Å². The van der Waals surface area contributed by atoms with Gasteiger partial charge in [0.1, 0.15) is 4.83 Å². The number of methoxy groups -OCH3 is 1. The van der Waals surface area contributed by atoms with E-state index in [1.54, 1.807) is 30.8 Å². The zero-order valence-electron chi connectivity index (χ0n) is 14.3. The highest BCUT2D eigenvalue weighted by atomic mass is 32.1. The lowest BCUT2D eigenvalue weighted by Crippen LogP contribution is -1.97. The van der Waals surface area contributed by atoms with Crippen LogP contribution < -0.4 is 5.73 Å². The van der Waals surface area contributed by atoms with Crippen LogP contribution in [0.1, 0.15) is 4.88 Å². The van der Waals surface area contributed by atoms with Gasteiger partial charge in [0.2, 0.25) is 0 Å². The summed E-state index contributed by atoms with van der Waals surface area (Å²) in [6, 6.07) is 13.9. The Balaban J connectivity index is 1.97. The number of nitrogens with two attached hydrogens (primary N) is 1. The summed E-state index contributed by atoms with van der Waals surface area (Å²) in [7, 11) is 1.69. The molecule has 3 heterocycles. The largest absolute Gasteiger partial charge is 0.397 e. The van der Waals surface area contributed by atoms with E-state index in [0.717, 1.165) is 44.0 Å². The Hall–Kier alpha value is -2.83. The second kappa shape index (κ2) is 7.19. The molecule has 0 aliphatic rings. The molecule has 0 unspecified atom stereocenters. The van der Waals surface area contributed by atoms with Crippen LogP contribution in [0.15, 0.2) is 54.9 Å². The molecule has 6 heteroatoms. The molecule has 0 fully saturated rings. The van der Waals surface area contributed by atoms with Gasteiger partial charge in [-0.2, -0.15) is 0 Å². The number of anilines is 1. The van der Waals surface area contributed by atoms with Crippen LogP contribution in [0.3, 0.4) is 0 Å². The van der Waals surface area contributed by atoms with E-state index in [1.165, 1.54) is 0 Å². The summed E-state index contributed by atoms with van der Waals surface area (Å²) in [6.07, 6.45) is 4.28. The van der Waals surface area contributed by atoms with E-state index in [9.17, 15) is 0 Å². The van der Waals surface area contributed by atoms with Gasteiger partial charge in [-0.1, -0.05) is 30.3 Å². The molecule has 2 N–H and O–H groups in total. The van der Waals surface area contributed by atoms with Crippen LogP contribution in [0.2, 0.25) is 0 Å². The molecular formula is C20H18N4OS. The quantitative estimate of drug-likeness (QED) is 0.576. The molecule has 3 aromatic heterocycles. The lowest BCUT2D eigenvalue weighted by atomic mass is 10.1. The summed E-state index contributed by atoms with van der Waals surface area (Å²) in [4.78, 5) is 15.8. The van der Waals surface area contributed by atoms with Crippen molar-refractivity contribution in [2.24, 2.45) is 0 Å². The van der Waals surface area contributed by atoms with Crippen LogP contribution in [0.5, 0.6) is 0 Å². The fourth-order valence-electron chi connectivity index (χ4n) is 2.88. The molecule has 5 nitrogen and oxygen atoms in total. The molecule has 0 saturated heterocycles. The molecule has 0 spiro atoms. The van der Waals surface area contributed by atoms with Gasteiger partial charge in [0.15, 0.2) is 5.82 Å². The lowest BCUT2D eigenvalue weighted by molar-refractivity contribution is 0.203. The standard InChI is InChI=1S/C20H18N4OS/c1-25-11-9-15-17(21)16-18(13-6-3-2-4-7-13)23-19(24-20(16)26-15)14-8-5-10-22-12-14/h2-8,10,12H,9,11,21H2,1H3. The van der Waals surface area contributed by atoms with Crippen LogP contribution in [-0.2, 0) is 11.2 Å². The van der Waals surface area contributed by atoms with E-state index >= 15 is 0 Å². The highest BCUT2D eigenvalue weighted by molar-refractivity contribution is 7.19. The predicted molar refractivity (Wildman–Crippen MR) is 106 cm³/mol. The molecule has 0 saturated carbocycles. The first-order valence-electron chi connectivity index (χ1n) is 8.31. The van der Waals surface area contributed by atoms with Crippen molar-refractivity contribution in [3.63, 3.8) is 0 Å². The van der Waals surface area contributed by atoms with Gasteiger partial charge in [-0.05, 0) is 12.1 Å². The average molecular weight is 362 g/mol. The minimum Gasteiger partial charge on any atom is -0.397 e. The Morgan fingerprint density at radius 3 is 2.58 bits per heavy atom. The van der Waals surface area contributed by atoms with Crippen molar-refractivity contribution < 1.29 is 4.74 Å². The fraction of sp³-hybridized carbons (Fsp3) is 0.150. The van der Waals surface area contributed by atoms with Crippen molar-refractivity contribution in [1.82, 2.24) is 15.0 Å². The zero-order chi connectivity index (χ0) is 17.9. The van der Waals surface area contributed by atoms with Gasteiger partial charge in [0.05, 0.1) is 23.4 Å². The van der Waals surface area contributed by atoms with Gasteiger partial charge in [-0.3, -0.25) is 4.98 Å². The van der Waals surface area contributed by atoms with E-state index < -0.39 is 0 Å². The Bertz CT molecular complexity index is 1030. The summed E-state index contributed by atoms with van der Waals surface area (Å²) in [5.41, 5.74) is 9.98. The summed E-state index contributed by atoms with van der Waals surface area (Å²) in [5.74, 6) is 0.656. The number of hydrogen-bond donors (Lipinski definition) is 1. The van der Waals surface area contributed by atoms with Crippen molar-refractivity contribution >= 4 is 27.2 Å². The van der Waals surface area contributed by atoms with Crippen LogP contribution in [0, 0.1) is 0 Å². The summed E-state index contributed by atoms with van der Waals surface area (Å²) >= 11 is 1.60. The number of pyridine rings is 1. The van der Waals surface area contributed by atoms with E-state index in [4.69, 9.17) is 20.4 Å². The molecule has 4 rings (SSSR count). The van der Waals surface area contributed by atoms with E-state index in [1.807, 2.05) is 42.5 Å². The molecular weight excluding hydrogens is 344 g/mol. The van der Waals surface area contributed by atoms with Crippen molar-refractivity contribution in [1.29, 1.82) is 0 Å². The Morgan fingerprint density at radius 2 is 1.85 bits per heavy atom. The summed E-state index contributed by atoms with van der Waals surface area (Å²) in [6.45, 7) is 0.626. The van der Waals surface area contributed by atoms with Crippen LogP contribution in [0.4, 0.5) is 5.69 Å². The number of thiophene rings is 1. The first-order valence-corrected chi connectivity index (χ1v) is 9.13. The van der Waals surface area contributed by atoms with E-state index in [-0.39, 0.29) is 0 Å². The normalized spacial score (nSPS) is 11.1. The third kappa shape index (κ3) is 3.05. The van der Waals surface area contributed by atoms with Crippen molar-refractivity contribution in [3.8, 4) is 22.6 Å². The van der Waals surface area contributed by atoms with Gasteiger partial charge >= 0.3 is 0 Å². The second-order valence-corrected chi connectivity index (χ2v) is 6.95. The van der Waals surface area contributed by atoms with Gasteiger partial charge in [-0.25, -0.2) is 9.97 Å². The first kappa shape index (κ1) is 16.6. The smallest absolute Gasteiger partial charge is 0.162 e. The van der Waals surface area contributed by atoms with Crippen molar-refractivity contribution in [2.75, 3.05) is 19.5 Å². The lowest BCUT2D eigenvalue weighted by Gasteiger charge is -2.07. The molecule has 0 radical (unpaired) electrons. The number of hydrogen-bond acceptors (Lipinski definition) is 6. The summed E-state index contributed by atoms with van der Waals surface area (Å²) in [5, 5.41) is 0.917. The summed E-state index contributed by atoms with van der Waals surface area (Å²) < 4.78 is 5.21. The van der Waals surface area contributed by atoms with Crippen molar-refractivity contribution in [3.05, 3.63) is 59.7 Å². The minimum absolute atomic E-state index is 0.626. The minimum atomic E-state index is 0.626. The number of benzene rings is 1. The third-order valence-electron chi connectivity index (χ3n) is 4.17. The van der Waals surface area contributed by atoms with Crippen LogP contribution >= 0.6 is 11.3 Å². The zero-order valence-corrected chi connectivity index (χ0v) is 15.2. The number of nitrogen functional groups attached to an aromatic ring is 1.